The molecule has 33 heavy (non-hydrogen) atoms. The zero-order valence-electron chi connectivity index (χ0n) is 18.4. The molecule has 0 aliphatic carbocycles. The molecular formula is C24H25F2N3O4. The molecule has 7 nitrogen and oxygen atoms in total. The van der Waals surface area contributed by atoms with Gasteiger partial charge in [0.25, 0.3) is 5.91 Å². The van der Waals surface area contributed by atoms with E-state index in [2.05, 4.69) is 4.98 Å². The molecule has 1 aliphatic rings. The summed E-state index contributed by atoms with van der Waals surface area (Å²) in [6.45, 7) is 1.85. The number of piperidine rings is 1. The minimum atomic E-state index is -1.02. The topological polar surface area (TPSA) is 76.8 Å². The van der Waals surface area contributed by atoms with Gasteiger partial charge in [-0.3, -0.25) is 4.79 Å². The Morgan fingerprint density at radius 2 is 2.03 bits per heavy atom. The van der Waals surface area contributed by atoms with E-state index in [4.69, 9.17) is 9.47 Å². The predicted octanol–water partition coefficient (Wildman–Crippen LogP) is 3.57. The first-order valence-electron chi connectivity index (χ1n) is 10.6. The van der Waals surface area contributed by atoms with E-state index in [1.165, 1.54) is 11.0 Å². The fourth-order valence-electron chi connectivity index (χ4n) is 4.05. The van der Waals surface area contributed by atoms with Crippen LogP contribution in [0.2, 0.25) is 0 Å². The van der Waals surface area contributed by atoms with Crippen LogP contribution in [0.25, 0.3) is 5.69 Å². The maximum absolute atomic E-state index is 13.7. The van der Waals surface area contributed by atoms with Gasteiger partial charge in [-0.15, -0.1) is 0 Å². The summed E-state index contributed by atoms with van der Waals surface area (Å²) in [6.07, 6.45) is 3.91. The van der Waals surface area contributed by atoms with Gasteiger partial charge in [-0.05, 0) is 49.6 Å². The van der Waals surface area contributed by atoms with Crippen LogP contribution in [-0.2, 0) is 4.79 Å². The molecule has 0 bridgehead atoms. The van der Waals surface area contributed by atoms with Crippen LogP contribution in [0.3, 0.4) is 0 Å². The van der Waals surface area contributed by atoms with Crippen LogP contribution in [-0.4, -0.2) is 51.8 Å². The van der Waals surface area contributed by atoms with Crippen molar-refractivity contribution in [2.75, 3.05) is 20.3 Å². The van der Waals surface area contributed by atoms with Crippen molar-refractivity contribution in [3.63, 3.8) is 0 Å². The average molecular weight is 457 g/mol. The average Bonchev–Trinajstić information content (AvgIpc) is 3.25. The van der Waals surface area contributed by atoms with Gasteiger partial charge in [-0.1, -0.05) is 6.07 Å². The molecular weight excluding hydrogens is 432 g/mol. The number of aryl methyl sites for hydroxylation is 1. The van der Waals surface area contributed by atoms with Crippen LogP contribution in [0.15, 0.2) is 48.9 Å². The molecule has 2 atom stereocenters. The van der Waals surface area contributed by atoms with Crippen molar-refractivity contribution < 1.29 is 28.2 Å². The third kappa shape index (κ3) is 4.68. The van der Waals surface area contributed by atoms with Crippen LogP contribution in [0.4, 0.5) is 8.78 Å². The normalized spacial score (nSPS) is 17.2. The number of nitrogens with zero attached hydrogens (tertiary/aromatic N) is 3. The van der Waals surface area contributed by atoms with Crippen molar-refractivity contribution in [1.29, 1.82) is 0 Å². The number of rotatable bonds is 7. The first-order valence-corrected chi connectivity index (χ1v) is 10.6. The molecule has 0 saturated carbocycles. The molecule has 3 aromatic rings. The van der Waals surface area contributed by atoms with Crippen molar-refractivity contribution >= 4 is 5.91 Å². The molecule has 1 saturated heterocycles. The molecule has 1 aromatic heterocycles. The van der Waals surface area contributed by atoms with Crippen molar-refractivity contribution in [2.45, 2.75) is 31.9 Å². The number of carbonyl (C=O) groups excluding carboxylic acids is 1. The highest BCUT2D eigenvalue weighted by Gasteiger charge is 2.35. The van der Waals surface area contributed by atoms with Gasteiger partial charge in [-0.25, -0.2) is 13.8 Å². The highest BCUT2D eigenvalue weighted by atomic mass is 19.2. The zero-order valence-corrected chi connectivity index (χ0v) is 18.4. The lowest BCUT2D eigenvalue weighted by Crippen LogP contribution is -2.49. The number of likely N-dealkylation sites (tertiary alicyclic amines) is 1. The van der Waals surface area contributed by atoms with E-state index < -0.39 is 30.4 Å². The van der Waals surface area contributed by atoms with Gasteiger partial charge in [-0.2, -0.15) is 0 Å². The van der Waals surface area contributed by atoms with E-state index >= 15 is 0 Å². The number of aromatic nitrogens is 2. The number of aliphatic hydroxyl groups is 1. The van der Waals surface area contributed by atoms with Gasteiger partial charge in [0, 0.05) is 18.8 Å². The Bertz CT molecular complexity index is 1150. The van der Waals surface area contributed by atoms with Crippen molar-refractivity contribution in [3.05, 3.63) is 71.8 Å². The Hall–Kier alpha value is -3.46. The highest BCUT2D eigenvalue weighted by Crippen LogP contribution is 2.32. The second-order valence-corrected chi connectivity index (χ2v) is 7.91. The van der Waals surface area contributed by atoms with Gasteiger partial charge < -0.3 is 24.0 Å². The largest absolute Gasteiger partial charge is 0.494 e. The van der Waals surface area contributed by atoms with Gasteiger partial charge in [0.05, 0.1) is 37.5 Å². The molecule has 1 N–H and O–H groups in total. The first-order chi connectivity index (χ1) is 15.9. The van der Waals surface area contributed by atoms with Gasteiger partial charge in [0.15, 0.2) is 17.7 Å². The van der Waals surface area contributed by atoms with E-state index in [-0.39, 0.29) is 5.91 Å². The summed E-state index contributed by atoms with van der Waals surface area (Å²) in [7, 11) is 1.55. The smallest absolute Gasteiger partial charge is 0.264 e. The Morgan fingerprint density at radius 3 is 2.70 bits per heavy atom. The SMILES string of the molecule is COc1cc(OC2CCCN(C(CO)c3ccc(F)c(F)c3)C2=O)ccc1-n1cnc(C)c1. The number of benzene rings is 2. The number of carbonyl (C=O) groups is 1. The number of hydrogen-bond acceptors (Lipinski definition) is 5. The summed E-state index contributed by atoms with van der Waals surface area (Å²) >= 11 is 0. The van der Waals surface area contributed by atoms with E-state index in [1.54, 1.807) is 25.6 Å². The van der Waals surface area contributed by atoms with E-state index in [9.17, 15) is 18.7 Å². The third-order valence-electron chi connectivity index (χ3n) is 5.72. The minimum Gasteiger partial charge on any atom is -0.494 e. The molecule has 174 valence electrons. The number of aliphatic hydroxyl groups excluding tert-OH is 1. The molecule has 0 radical (unpaired) electrons. The lowest BCUT2D eigenvalue weighted by molar-refractivity contribution is -0.146. The molecule has 0 spiro atoms. The molecule has 4 rings (SSSR count). The Kier molecular flexibility index (Phi) is 6.60. The number of halogens is 2. The van der Waals surface area contributed by atoms with Gasteiger partial charge >= 0.3 is 0 Å². The van der Waals surface area contributed by atoms with Crippen LogP contribution in [0.1, 0.15) is 30.1 Å². The second-order valence-electron chi connectivity index (χ2n) is 7.91. The maximum Gasteiger partial charge on any atom is 0.264 e. The van der Waals surface area contributed by atoms with Crippen molar-refractivity contribution in [2.24, 2.45) is 0 Å². The maximum atomic E-state index is 13.7. The molecule has 9 heteroatoms. The summed E-state index contributed by atoms with van der Waals surface area (Å²) in [4.78, 5) is 18.9. The van der Waals surface area contributed by atoms with E-state index in [1.807, 2.05) is 23.8 Å². The van der Waals surface area contributed by atoms with Crippen LogP contribution in [0, 0.1) is 18.6 Å². The quantitative estimate of drug-likeness (QED) is 0.587. The second kappa shape index (κ2) is 9.58. The lowest BCUT2D eigenvalue weighted by Gasteiger charge is -2.37. The highest BCUT2D eigenvalue weighted by molar-refractivity contribution is 5.82. The molecule has 1 amide bonds. The predicted molar refractivity (Wildman–Crippen MR) is 116 cm³/mol. The van der Waals surface area contributed by atoms with E-state index in [0.29, 0.717) is 36.4 Å². The van der Waals surface area contributed by atoms with E-state index in [0.717, 1.165) is 23.5 Å². The van der Waals surface area contributed by atoms with Crippen LogP contribution >= 0.6 is 0 Å². The Labute approximate surface area is 190 Å². The number of imidazole rings is 1. The summed E-state index contributed by atoms with van der Waals surface area (Å²) in [6, 6.07) is 7.85. The van der Waals surface area contributed by atoms with Crippen molar-refractivity contribution in [1.82, 2.24) is 14.5 Å². The Morgan fingerprint density at radius 1 is 1.21 bits per heavy atom. The molecule has 1 aliphatic heterocycles. The number of hydrogen-bond donors (Lipinski definition) is 1. The van der Waals surface area contributed by atoms with Crippen molar-refractivity contribution in [3.8, 4) is 17.2 Å². The van der Waals surface area contributed by atoms with Gasteiger partial charge in [0.2, 0.25) is 0 Å². The summed E-state index contributed by atoms with van der Waals surface area (Å²) in [5, 5.41) is 9.92. The standard InChI is InChI=1S/C24H25F2N3O4/c1-15-12-28(14-27-15)20-8-6-17(11-23(20)32-2)33-22-4-3-9-29(24(22)31)21(13-30)16-5-7-18(25)19(26)10-16/h5-8,10-12,14,21-22,30H,3-4,9,13H2,1-2H3. The number of amides is 1. The van der Waals surface area contributed by atoms with Gasteiger partial charge in [0.1, 0.15) is 11.5 Å². The molecule has 2 unspecified atom stereocenters. The number of ether oxygens (including phenoxy) is 2. The lowest BCUT2D eigenvalue weighted by atomic mass is 10.00. The molecule has 2 heterocycles. The van der Waals surface area contributed by atoms with Crippen LogP contribution < -0.4 is 9.47 Å². The number of methoxy groups -OCH3 is 1. The third-order valence-corrected chi connectivity index (χ3v) is 5.72. The molecule has 2 aromatic carbocycles. The zero-order chi connectivity index (χ0) is 23.5. The fraction of sp³-hybridized carbons (Fsp3) is 0.333. The summed E-state index contributed by atoms with van der Waals surface area (Å²) < 4.78 is 40.4. The van der Waals surface area contributed by atoms with Crippen LogP contribution in [0.5, 0.6) is 11.5 Å². The monoisotopic (exact) mass is 457 g/mol. The summed E-state index contributed by atoms with van der Waals surface area (Å²) in [5.74, 6) is -1.31. The Balaban J connectivity index is 1.54. The summed E-state index contributed by atoms with van der Waals surface area (Å²) in [5.41, 5.74) is 1.97. The fourth-order valence-corrected chi connectivity index (χ4v) is 4.05. The first kappa shape index (κ1) is 22.7. The minimum absolute atomic E-state index is 0.321. The molecule has 1 fully saturated rings.